The lowest BCUT2D eigenvalue weighted by Gasteiger charge is -2.14. The maximum atomic E-state index is 12.8. The molecule has 0 aromatic heterocycles. The van der Waals surface area contributed by atoms with Gasteiger partial charge in [-0.05, 0) is 60.0 Å². The van der Waals surface area contributed by atoms with Crippen molar-refractivity contribution in [3.8, 4) is 11.5 Å². The molecule has 1 N–H and O–H groups in total. The minimum atomic E-state index is -0.324. The summed E-state index contributed by atoms with van der Waals surface area (Å²) in [6, 6.07) is 11.1. The SMILES string of the molecule is C=CCc1cc(/C=C2\SC(=O)N(Cc3ccccc3C)C2=O)cc(OC)c1O. The molecule has 144 valence electrons. The number of carbonyl (C=O) groups excluding carboxylic acids is 2. The van der Waals surface area contributed by atoms with Crippen molar-refractivity contribution < 1.29 is 19.4 Å². The van der Waals surface area contributed by atoms with Crippen LogP contribution in [0.25, 0.3) is 6.08 Å². The molecule has 0 aliphatic carbocycles. The number of imide groups is 1. The molecule has 3 rings (SSSR count). The number of nitrogens with zero attached hydrogens (tertiary/aromatic N) is 1. The molecule has 2 aromatic rings. The molecular weight excluding hydrogens is 374 g/mol. The van der Waals surface area contributed by atoms with Crippen LogP contribution in [-0.4, -0.2) is 28.3 Å². The quantitative estimate of drug-likeness (QED) is 0.568. The Kier molecular flexibility index (Phi) is 5.90. The lowest BCUT2D eigenvalue weighted by molar-refractivity contribution is -0.123. The molecule has 5 nitrogen and oxygen atoms in total. The zero-order valence-corrected chi connectivity index (χ0v) is 16.6. The molecule has 1 saturated heterocycles. The molecule has 1 heterocycles. The van der Waals surface area contributed by atoms with E-state index in [9.17, 15) is 14.7 Å². The number of phenolic OH excluding ortho intramolecular Hbond substituents is 1. The smallest absolute Gasteiger partial charge is 0.293 e. The van der Waals surface area contributed by atoms with E-state index in [2.05, 4.69) is 6.58 Å². The predicted octanol–water partition coefficient (Wildman–Crippen LogP) is 4.67. The van der Waals surface area contributed by atoms with Crippen LogP contribution in [0.3, 0.4) is 0 Å². The summed E-state index contributed by atoms with van der Waals surface area (Å²) in [7, 11) is 1.46. The van der Waals surface area contributed by atoms with Crippen molar-refractivity contribution in [3.63, 3.8) is 0 Å². The maximum Gasteiger partial charge on any atom is 0.293 e. The fraction of sp³-hybridized carbons (Fsp3) is 0.182. The number of phenols is 1. The summed E-state index contributed by atoms with van der Waals surface area (Å²) in [6.07, 6.45) is 3.78. The van der Waals surface area contributed by atoms with Gasteiger partial charge in [-0.1, -0.05) is 30.3 Å². The van der Waals surface area contributed by atoms with Gasteiger partial charge < -0.3 is 9.84 Å². The van der Waals surface area contributed by atoms with Gasteiger partial charge in [-0.3, -0.25) is 14.5 Å². The average molecular weight is 395 g/mol. The molecule has 6 heteroatoms. The Labute approximate surface area is 168 Å². The van der Waals surface area contributed by atoms with Crippen molar-refractivity contribution in [2.24, 2.45) is 0 Å². The Morgan fingerprint density at radius 1 is 1.21 bits per heavy atom. The zero-order valence-electron chi connectivity index (χ0n) is 15.8. The summed E-state index contributed by atoms with van der Waals surface area (Å²) in [6.45, 7) is 5.89. The molecule has 28 heavy (non-hydrogen) atoms. The van der Waals surface area contributed by atoms with Crippen molar-refractivity contribution in [3.05, 3.63) is 76.2 Å². The molecule has 0 atom stereocenters. The van der Waals surface area contributed by atoms with E-state index in [1.54, 1.807) is 24.3 Å². The van der Waals surface area contributed by atoms with E-state index >= 15 is 0 Å². The number of aryl methyl sites for hydroxylation is 1. The van der Waals surface area contributed by atoms with Gasteiger partial charge in [0.05, 0.1) is 18.6 Å². The highest BCUT2D eigenvalue weighted by Gasteiger charge is 2.35. The lowest BCUT2D eigenvalue weighted by Crippen LogP contribution is -2.27. The van der Waals surface area contributed by atoms with Gasteiger partial charge in [0.1, 0.15) is 0 Å². The number of ether oxygens (including phenoxy) is 1. The van der Waals surface area contributed by atoms with Crippen molar-refractivity contribution in [2.45, 2.75) is 19.9 Å². The van der Waals surface area contributed by atoms with Gasteiger partial charge >= 0.3 is 0 Å². The first-order chi connectivity index (χ1) is 13.4. The van der Waals surface area contributed by atoms with Gasteiger partial charge in [0.25, 0.3) is 11.1 Å². The second kappa shape index (κ2) is 8.35. The van der Waals surface area contributed by atoms with Gasteiger partial charge in [0.2, 0.25) is 0 Å². The molecule has 1 aliphatic rings. The molecule has 1 aliphatic heterocycles. The van der Waals surface area contributed by atoms with Crippen LogP contribution in [0.15, 0.2) is 54.0 Å². The maximum absolute atomic E-state index is 12.8. The van der Waals surface area contributed by atoms with Gasteiger partial charge in [0, 0.05) is 5.56 Å². The summed E-state index contributed by atoms with van der Waals surface area (Å²) < 4.78 is 5.22. The summed E-state index contributed by atoms with van der Waals surface area (Å²) >= 11 is 0.914. The standard InChI is InChI=1S/C22H21NO4S/c1-4-7-16-10-15(11-18(27-3)20(16)24)12-19-21(25)23(22(26)28-19)13-17-9-6-5-8-14(17)2/h4-6,8-12,24H,1,7,13H2,2-3H3/b19-12-. The van der Waals surface area contributed by atoms with Gasteiger partial charge in [0.15, 0.2) is 11.5 Å². The van der Waals surface area contributed by atoms with Crippen LogP contribution >= 0.6 is 11.8 Å². The van der Waals surface area contributed by atoms with Gasteiger partial charge in [-0.25, -0.2) is 0 Å². The molecular formula is C22H21NO4S. The second-order valence-corrected chi connectivity index (χ2v) is 7.41. The molecule has 0 spiro atoms. The Balaban J connectivity index is 1.90. The van der Waals surface area contributed by atoms with E-state index in [0.29, 0.717) is 28.2 Å². The molecule has 2 amide bonds. The highest BCUT2D eigenvalue weighted by Crippen LogP contribution is 2.37. The van der Waals surface area contributed by atoms with E-state index in [1.807, 2.05) is 31.2 Å². The van der Waals surface area contributed by atoms with Crippen LogP contribution in [0, 0.1) is 6.92 Å². The van der Waals surface area contributed by atoms with Crippen LogP contribution in [-0.2, 0) is 17.8 Å². The van der Waals surface area contributed by atoms with Crippen LogP contribution < -0.4 is 4.74 Å². The van der Waals surface area contributed by atoms with Crippen LogP contribution in [0.4, 0.5) is 4.79 Å². The number of carbonyl (C=O) groups is 2. The Bertz CT molecular complexity index is 980. The van der Waals surface area contributed by atoms with Crippen molar-refractivity contribution in [2.75, 3.05) is 7.11 Å². The van der Waals surface area contributed by atoms with Crippen LogP contribution in [0.1, 0.15) is 22.3 Å². The van der Waals surface area contributed by atoms with E-state index in [4.69, 9.17) is 4.74 Å². The topological polar surface area (TPSA) is 66.8 Å². The lowest BCUT2D eigenvalue weighted by atomic mass is 10.0. The fourth-order valence-electron chi connectivity index (χ4n) is 2.98. The third-order valence-electron chi connectivity index (χ3n) is 4.52. The Morgan fingerprint density at radius 3 is 2.64 bits per heavy atom. The number of allylic oxidation sites excluding steroid dienone is 1. The van der Waals surface area contributed by atoms with Crippen LogP contribution in [0.5, 0.6) is 11.5 Å². The number of methoxy groups -OCH3 is 1. The first-order valence-corrected chi connectivity index (χ1v) is 9.57. The summed E-state index contributed by atoms with van der Waals surface area (Å²) in [5, 5.41) is 9.91. The van der Waals surface area contributed by atoms with Crippen molar-refractivity contribution in [1.29, 1.82) is 0 Å². The summed E-state index contributed by atoms with van der Waals surface area (Å²) in [5.74, 6) is 0.0347. The third kappa shape index (κ3) is 3.97. The fourth-order valence-corrected chi connectivity index (χ4v) is 3.82. The van der Waals surface area contributed by atoms with E-state index < -0.39 is 0 Å². The molecule has 0 radical (unpaired) electrons. The highest BCUT2D eigenvalue weighted by atomic mass is 32.2. The van der Waals surface area contributed by atoms with E-state index in [1.165, 1.54) is 12.0 Å². The van der Waals surface area contributed by atoms with E-state index in [0.717, 1.165) is 22.9 Å². The summed E-state index contributed by atoms with van der Waals surface area (Å²) in [5.41, 5.74) is 3.28. The van der Waals surface area contributed by atoms with Gasteiger partial charge in [-0.2, -0.15) is 0 Å². The second-order valence-electron chi connectivity index (χ2n) is 6.42. The number of rotatable bonds is 6. The zero-order chi connectivity index (χ0) is 20.3. The van der Waals surface area contributed by atoms with Crippen molar-refractivity contribution >= 4 is 29.0 Å². The first kappa shape index (κ1) is 19.8. The van der Waals surface area contributed by atoms with Crippen LogP contribution in [0.2, 0.25) is 0 Å². The Morgan fingerprint density at radius 2 is 1.96 bits per heavy atom. The minimum absolute atomic E-state index is 0.0483. The monoisotopic (exact) mass is 395 g/mol. The number of benzene rings is 2. The first-order valence-electron chi connectivity index (χ1n) is 8.75. The highest BCUT2D eigenvalue weighted by molar-refractivity contribution is 8.18. The number of aromatic hydroxyl groups is 1. The van der Waals surface area contributed by atoms with Gasteiger partial charge in [-0.15, -0.1) is 6.58 Å². The molecule has 0 unspecified atom stereocenters. The molecule has 1 fully saturated rings. The number of thioether (sulfide) groups is 1. The minimum Gasteiger partial charge on any atom is -0.504 e. The van der Waals surface area contributed by atoms with Crippen molar-refractivity contribution in [1.82, 2.24) is 4.90 Å². The number of hydrogen-bond donors (Lipinski definition) is 1. The molecule has 0 bridgehead atoms. The van der Waals surface area contributed by atoms with E-state index in [-0.39, 0.29) is 23.4 Å². The largest absolute Gasteiger partial charge is 0.504 e. The molecule has 0 saturated carbocycles. The normalized spacial score (nSPS) is 15.4. The Hall–Kier alpha value is -2.99. The number of amides is 2. The third-order valence-corrected chi connectivity index (χ3v) is 5.43. The number of hydrogen-bond acceptors (Lipinski definition) is 5. The average Bonchev–Trinajstić information content (AvgIpc) is 2.93. The predicted molar refractivity (Wildman–Crippen MR) is 111 cm³/mol. The summed E-state index contributed by atoms with van der Waals surface area (Å²) in [4.78, 5) is 26.8. The molecule has 2 aromatic carbocycles.